The maximum absolute atomic E-state index is 9.83. The number of halogens is 1. The topological polar surface area (TPSA) is 23.5 Å². The van der Waals surface area contributed by atoms with Gasteiger partial charge in [0.2, 0.25) is 0 Å². The highest BCUT2D eigenvalue weighted by Crippen LogP contribution is 2.39. The average Bonchev–Trinajstić information content (AvgIpc) is 2.87. The third-order valence-electron chi connectivity index (χ3n) is 2.85. The van der Waals surface area contributed by atoms with E-state index in [1.54, 1.807) is 0 Å². The molecule has 0 unspecified atom stereocenters. The molecule has 1 aliphatic rings. The predicted octanol–water partition coefficient (Wildman–Crippen LogP) is 2.47. The van der Waals surface area contributed by atoms with Gasteiger partial charge in [0.1, 0.15) is 0 Å². The van der Waals surface area contributed by atoms with Gasteiger partial charge in [-0.1, -0.05) is 17.7 Å². The van der Waals surface area contributed by atoms with Crippen LogP contribution in [-0.4, -0.2) is 24.8 Å². The highest BCUT2D eigenvalue weighted by atomic mass is 35.5. The third kappa shape index (κ3) is 2.44. The summed E-state index contributed by atoms with van der Waals surface area (Å²) < 4.78 is 0. The zero-order valence-electron chi connectivity index (χ0n) is 9.13. The fourth-order valence-corrected chi connectivity index (χ4v) is 2.00. The van der Waals surface area contributed by atoms with Gasteiger partial charge in [-0.05, 0) is 30.5 Å². The molecule has 0 atom stereocenters. The van der Waals surface area contributed by atoms with Gasteiger partial charge in [-0.3, -0.25) is 0 Å². The van der Waals surface area contributed by atoms with Crippen LogP contribution in [0.4, 0.5) is 5.69 Å². The van der Waals surface area contributed by atoms with Crippen molar-refractivity contribution < 1.29 is 5.11 Å². The maximum Gasteiger partial charge on any atom is 0.0690 e. The molecule has 0 aliphatic heterocycles. The highest BCUT2D eigenvalue weighted by Gasteiger charge is 2.40. The molecule has 0 aromatic heterocycles. The van der Waals surface area contributed by atoms with Gasteiger partial charge in [0, 0.05) is 20.5 Å². The SMILES string of the molecule is CN(C)c1cc(CC2(O)CC2)ccc1Cl. The molecule has 1 N–H and O–H groups in total. The number of nitrogens with zero attached hydrogens (tertiary/aromatic N) is 1. The third-order valence-corrected chi connectivity index (χ3v) is 3.17. The first-order valence-electron chi connectivity index (χ1n) is 5.18. The Balaban J connectivity index is 2.22. The smallest absolute Gasteiger partial charge is 0.0690 e. The molecule has 2 nitrogen and oxygen atoms in total. The molecule has 0 heterocycles. The number of hydrogen-bond acceptors (Lipinski definition) is 2. The molecule has 0 radical (unpaired) electrons. The first kappa shape index (κ1) is 10.8. The summed E-state index contributed by atoms with van der Waals surface area (Å²) in [5, 5.41) is 10.6. The summed E-state index contributed by atoms with van der Waals surface area (Å²) in [5.74, 6) is 0. The van der Waals surface area contributed by atoms with Gasteiger partial charge in [0.25, 0.3) is 0 Å². The minimum absolute atomic E-state index is 0.433. The maximum atomic E-state index is 9.83. The number of rotatable bonds is 3. The van der Waals surface area contributed by atoms with Crippen molar-refractivity contribution >= 4 is 17.3 Å². The summed E-state index contributed by atoms with van der Waals surface area (Å²) in [6, 6.07) is 5.95. The van der Waals surface area contributed by atoms with Crippen molar-refractivity contribution in [2.24, 2.45) is 0 Å². The number of anilines is 1. The monoisotopic (exact) mass is 225 g/mol. The second-order valence-corrected chi connectivity index (χ2v) is 4.99. The van der Waals surface area contributed by atoms with Crippen LogP contribution in [0.3, 0.4) is 0 Å². The minimum Gasteiger partial charge on any atom is -0.390 e. The Kier molecular flexibility index (Phi) is 2.65. The van der Waals surface area contributed by atoms with E-state index in [1.807, 2.05) is 31.1 Å². The molecular weight excluding hydrogens is 210 g/mol. The molecule has 3 heteroatoms. The summed E-state index contributed by atoms with van der Waals surface area (Å²) in [4.78, 5) is 1.99. The van der Waals surface area contributed by atoms with Crippen LogP contribution in [0.2, 0.25) is 5.02 Å². The van der Waals surface area contributed by atoms with Crippen molar-refractivity contribution in [3.63, 3.8) is 0 Å². The van der Waals surface area contributed by atoms with Crippen LogP contribution in [0.15, 0.2) is 18.2 Å². The number of hydrogen-bond donors (Lipinski definition) is 1. The summed E-state index contributed by atoms with van der Waals surface area (Å²) >= 11 is 6.07. The highest BCUT2D eigenvalue weighted by molar-refractivity contribution is 6.33. The first-order chi connectivity index (χ1) is 7.00. The zero-order valence-corrected chi connectivity index (χ0v) is 9.88. The Morgan fingerprint density at radius 2 is 2.07 bits per heavy atom. The van der Waals surface area contributed by atoms with E-state index in [0.29, 0.717) is 0 Å². The number of aliphatic hydroxyl groups is 1. The van der Waals surface area contributed by atoms with E-state index in [-0.39, 0.29) is 0 Å². The molecule has 1 aromatic rings. The second-order valence-electron chi connectivity index (χ2n) is 4.58. The van der Waals surface area contributed by atoms with Crippen molar-refractivity contribution in [2.75, 3.05) is 19.0 Å². The normalized spacial score (nSPS) is 17.6. The molecule has 0 bridgehead atoms. The van der Waals surface area contributed by atoms with Crippen molar-refractivity contribution in [1.82, 2.24) is 0 Å². The van der Waals surface area contributed by atoms with Crippen molar-refractivity contribution in [3.8, 4) is 0 Å². The molecule has 0 saturated heterocycles. The lowest BCUT2D eigenvalue weighted by Crippen LogP contribution is -2.13. The van der Waals surface area contributed by atoms with Gasteiger partial charge in [0.05, 0.1) is 16.3 Å². The van der Waals surface area contributed by atoms with Crippen LogP contribution >= 0.6 is 11.6 Å². The second kappa shape index (κ2) is 3.69. The van der Waals surface area contributed by atoms with Gasteiger partial charge in [0.15, 0.2) is 0 Å². The lowest BCUT2D eigenvalue weighted by molar-refractivity contribution is 0.151. The minimum atomic E-state index is -0.433. The van der Waals surface area contributed by atoms with Crippen LogP contribution in [0.5, 0.6) is 0 Å². The first-order valence-corrected chi connectivity index (χ1v) is 5.56. The van der Waals surface area contributed by atoms with Gasteiger partial charge >= 0.3 is 0 Å². The van der Waals surface area contributed by atoms with Gasteiger partial charge in [-0.2, -0.15) is 0 Å². The summed E-state index contributed by atoms with van der Waals surface area (Å²) in [6.07, 6.45) is 2.59. The van der Waals surface area contributed by atoms with Gasteiger partial charge in [-0.25, -0.2) is 0 Å². The van der Waals surface area contributed by atoms with E-state index in [0.717, 1.165) is 35.5 Å². The molecule has 2 rings (SSSR count). The van der Waals surface area contributed by atoms with Gasteiger partial charge < -0.3 is 10.0 Å². The molecule has 1 aromatic carbocycles. The molecule has 0 spiro atoms. The van der Waals surface area contributed by atoms with Crippen LogP contribution in [-0.2, 0) is 6.42 Å². The molecule has 82 valence electrons. The van der Waals surface area contributed by atoms with Crippen molar-refractivity contribution in [3.05, 3.63) is 28.8 Å². The van der Waals surface area contributed by atoms with E-state index < -0.39 is 5.60 Å². The summed E-state index contributed by atoms with van der Waals surface area (Å²) in [5.41, 5.74) is 1.73. The quantitative estimate of drug-likeness (QED) is 0.855. The Bertz CT molecular complexity index is 372. The molecule has 1 fully saturated rings. The van der Waals surface area contributed by atoms with Crippen molar-refractivity contribution in [2.45, 2.75) is 24.9 Å². The Hall–Kier alpha value is -0.730. The lowest BCUT2D eigenvalue weighted by atomic mass is 10.1. The fourth-order valence-electron chi connectivity index (χ4n) is 1.71. The van der Waals surface area contributed by atoms with Crippen molar-refractivity contribution in [1.29, 1.82) is 0 Å². The van der Waals surface area contributed by atoms with E-state index in [1.165, 1.54) is 0 Å². The molecule has 0 amide bonds. The fraction of sp³-hybridized carbons (Fsp3) is 0.500. The predicted molar refractivity (Wildman–Crippen MR) is 63.7 cm³/mol. The summed E-state index contributed by atoms with van der Waals surface area (Å²) in [6.45, 7) is 0. The Morgan fingerprint density at radius 3 is 2.60 bits per heavy atom. The van der Waals surface area contributed by atoms with Crippen LogP contribution < -0.4 is 4.90 Å². The van der Waals surface area contributed by atoms with Crippen LogP contribution in [0.1, 0.15) is 18.4 Å². The molecule has 15 heavy (non-hydrogen) atoms. The van der Waals surface area contributed by atoms with E-state index in [2.05, 4.69) is 6.07 Å². The number of benzene rings is 1. The Labute approximate surface area is 95.5 Å². The van der Waals surface area contributed by atoms with E-state index in [9.17, 15) is 5.11 Å². The standard InChI is InChI=1S/C12H16ClNO/c1-14(2)11-7-9(3-4-10(11)13)8-12(15)5-6-12/h3-4,7,15H,5-6,8H2,1-2H3. The molecule has 1 saturated carbocycles. The summed E-state index contributed by atoms with van der Waals surface area (Å²) in [7, 11) is 3.94. The van der Waals surface area contributed by atoms with E-state index >= 15 is 0 Å². The van der Waals surface area contributed by atoms with Gasteiger partial charge in [-0.15, -0.1) is 0 Å². The Morgan fingerprint density at radius 1 is 1.40 bits per heavy atom. The molecule has 1 aliphatic carbocycles. The average molecular weight is 226 g/mol. The lowest BCUT2D eigenvalue weighted by Gasteiger charge is -2.16. The van der Waals surface area contributed by atoms with E-state index in [4.69, 9.17) is 11.6 Å². The zero-order chi connectivity index (χ0) is 11.1. The molecular formula is C12H16ClNO. The van der Waals surface area contributed by atoms with Crippen LogP contribution in [0.25, 0.3) is 0 Å². The largest absolute Gasteiger partial charge is 0.390 e. The van der Waals surface area contributed by atoms with Crippen LogP contribution in [0, 0.1) is 0 Å².